The molecule has 2 fully saturated rings. The highest BCUT2D eigenvalue weighted by Crippen LogP contribution is 2.52. The standard InChI is InChI=1S/C32H45NO4/c1-9-33-27(24-13-11-10-12-23(24)20-14-15-20)29(26(32(5,6)7)28(33)30(34)35)37-19-21-18-22(31(2,3)4)16-17-25(21)36-8/h10-13,16-18,20,26-29H,9,14-15,19H2,1-8H3,(H,34,35)/t26-,27+,28+,29+/m1/s1. The number of hydrogen-bond acceptors (Lipinski definition) is 4. The van der Waals surface area contributed by atoms with Crippen molar-refractivity contribution in [1.29, 1.82) is 0 Å². The van der Waals surface area contributed by atoms with Crippen LogP contribution in [0.5, 0.6) is 5.75 Å². The van der Waals surface area contributed by atoms with E-state index in [9.17, 15) is 9.90 Å². The fourth-order valence-electron chi connectivity index (χ4n) is 6.24. The van der Waals surface area contributed by atoms with Gasteiger partial charge in [-0.2, -0.15) is 0 Å². The first-order chi connectivity index (χ1) is 17.4. The lowest BCUT2D eigenvalue weighted by atomic mass is 9.73. The van der Waals surface area contributed by atoms with Gasteiger partial charge in [0.15, 0.2) is 0 Å². The molecule has 37 heavy (non-hydrogen) atoms. The summed E-state index contributed by atoms with van der Waals surface area (Å²) in [6.07, 6.45) is 2.12. The summed E-state index contributed by atoms with van der Waals surface area (Å²) in [6, 6.07) is 14.2. The summed E-state index contributed by atoms with van der Waals surface area (Å²) in [6.45, 7) is 16.1. The second kappa shape index (κ2) is 10.4. The van der Waals surface area contributed by atoms with Crippen molar-refractivity contribution in [3.05, 3.63) is 64.7 Å². The fourth-order valence-corrected chi connectivity index (χ4v) is 6.24. The fraction of sp³-hybridized carbons (Fsp3) is 0.594. The highest BCUT2D eigenvalue weighted by atomic mass is 16.5. The van der Waals surface area contributed by atoms with Gasteiger partial charge in [0.1, 0.15) is 11.8 Å². The Labute approximate surface area is 223 Å². The molecule has 4 atom stereocenters. The van der Waals surface area contributed by atoms with Crippen LogP contribution in [-0.4, -0.2) is 41.8 Å². The summed E-state index contributed by atoms with van der Waals surface area (Å²) in [7, 11) is 1.69. The van der Waals surface area contributed by atoms with Crippen LogP contribution in [0.1, 0.15) is 95.5 Å². The van der Waals surface area contributed by atoms with Gasteiger partial charge in [0.05, 0.1) is 25.9 Å². The van der Waals surface area contributed by atoms with Gasteiger partial charge < -0.3 is 14.6 Å². The Bertz CT molecular complexity index is 1110. The summed E-state index contributed by atoms with van der Waals surface area (Å²) >= 11 is 0. The minimum absolute atomic E-state index is 0.00147. The number of carboxylic acid groups (broad SMARTS) is 1. The van der Waals surface area contributed by atoms with Crippen LogP contribution in [0.3, 0.4) is 0 Å². The van der Waals surface area contributed by atoms with Gasteiger partial charge in [0.2, 0.25) is 0 Å². The minimum atomic E-state index is -0.769. The largest absolute Gasteiger partial charge is 0.496 e. The molecule has 1 aliphatic carbocycles. The number of likely N-dealkylation sites (tertiary alicyclic amines) is 1. The van der Waals surface area contributed by atoms with E-state index in [0.29, 0.717) is 19.1 Å². The molecule has 202 valence electrons. The third-order valence-corrected chi connectivity index (χ3v) is 8.25. The average molecular weight is 508 g/mol. The molecule has 0 radical (unpaired) electrons. The number of hydrogen-bond donors (Lipinski definition) is 1. The van der Waals surface area contributed by atoms with Crippen molar-refractivity contribution in [2.75, 3.05) is 13.7 Å². The Balaban J connectivity index is 1.79. The topological polar surface area (TPSA) is 59.0 Å². The number of carboxylic acids is 1. The van der Waals surface area contributed by atoms with Crippen molar-refractivity contribution in [1.82, 2.24) is 4.90 Å². The third-order valence-electron chi connectivity index (χ3n) is 8.25. The van der Waals surface area contributed by atoms with E-state index < -0.39 is 12.0 Å². The van der Waals surface area contributed by atoms with E-state index in [4.69, 9.17) is 9.47 Å². The quantitative estimate of drug-likeness (QED) is 0.419. The molecule has 0 spiro atoms. The molecule has 1 saturated heterocycles. The van der Waals surface area contributed by atoms with E-state index in [0.717, 1.165) is 11.3 Å². The summed E-state index contributed by atoms with van der Waals surface area (Å²) in [4.78, 5) is 15.0. The summed E-state index contributed by atoms with van der Waals surface area (Å²) in [5.41, 5.74) is 4.54. The molecule has 1 heterocycles. The van der Waals surface area contributed by atoms with E-state index >= 15 is 0 Å². The Morgan fingerprint density at radius 1 is 1.03 bits per heavy atom. The number of rotatable bonds is 8. The van der Waals surface area contributed by atoms with Crippen LogP contribution in [0.15, 0.2) is 42.5 Å². The first-order valence-corrected chi connectivity index (χ1v) is 13.7. The van der Waals surface area contributed by atoms with E-state index in [-0.39, 0.29) is 28.9 Å². The number of carbonyl (C=O) groups is 1. The van der Waals surface area contributed by atoms with Crippen LogP contribution in [0.2, 0.25) is 0 Å². The Morgan fingerprint density at radius 3 is 2.19 bits per heavy atom. The van der Waals surface area contributed by atoms with Crippen LogP contribution in [0.4, 0.5) is 0 Å². The average Bonchev–Trinajstić information content (AvgIpc) is 3.61. The second-order valence-corrected chi connectivity index (χ2v) is 12.9. The predicted octanol–water partition coefficient (Wildman–Crippen LogP) is 6.95. The van der Waals surface area contributed by atoms with Gasteiger partial charge in [-0.25, -0.2) is 0 Å². The first kappa shape index (κ1) is 27.7. The van der Waals surface area contributed by atoms with Crippen molar-refractivity contribution in [3.63, 3.8) is 0 Å². The van der Waals surface area contributed by atoms with Gasteiger partial charge in [-0.05, 0) is 65.0 Å². The molecule has 1 aliphatic heterocycles. The summed E-state index contributed by atoms with van der Waals surface area (Å²) < 4.78 is 12.6. The number of methoxy groups -OCH3 is 1. The number of nitrogens with zero attached hydrogens (tertiary/aromatic N) is 1. The molecule has 4 rings (SSSR count). The first-order valence-electron chi connectivity index (χ1n) is 13.7. The molecule has 2 aliphatic rings. The van der Waals surface area contributed by atoms with Crippen molar-refractivity contribution >= 4 is 5.97 Å². The van der Waals surface area contributed by atoms with Crippen LogP contribution in [0, 0.1) is 11.3 Å². The van der Waals surface area contributed by atoms with Crippen molar-refractivity contribution in [2.45, 2.75) is 97.4 Å². The molecule has 5 heteroatoms. The molecule has 2 aromatic rings. The van der Waals surface area contributed by atoms with Crippen molar-refractivity contribution < 1.29 is 19.4 Å². The van der Waals surface area contributed by atoms with E-state index in [1.165, 1.54) is 29.5 Å². The van der Waals surface area contributed by atoms with Gasteiger partial charge in [-0.15, -0.1) is 0 Å². The van der Waals surface area contributed by atoms with Crippen molar-refractivity contribution in [2.24, 2.45) is 11.3 Å². The van der Waals surface area contributed by atoms with Gasteiger partial charge in [0, 0.05) is 11.5 Å². The zero-order valence-corrected chi connectivity index (χ0v) is 23.9. The smallest absolute Gasteiger partial charge is 0.321 e. The van der Waals surface area contributed by atoms with Gasteiger partial charge in [-0.3, -0.25) is 9.69 Å². The van der Waals surface area contributed by atoms with Gasteiger partial charge in [-0.1, -0.05) is 78.8 Å². The lowest BCUT2D eigenvalue weighted by Crippen LogP contribution is -2.44. The molecular weight excluding hydrogens is 462 g/mol. The lowest BCUT2D eigenvalue weighted by molar-refractivity contribution is -0.146. The maximum absolute atomic E-state index is 12.8. The number of likely N-dealkylation sites (N-methyl/N-ethyl adjacent to an activating group) is 1. The summed E-state index contributed by atoms with van der Waals surface area (Å²) in [5.74, 6) is 0.416. The molecule has 0 bridgehead atoms. The number of ether oxygens (including phenoxy) is 2. The third kappa shape index (κ3) is 5.58. The Morgan fingerprint density at radius 2 is 1.68 bits per heavy atom. The maximum atomic E-state index is 12.8. The van der Waals surface area contributed by atoms with Crippen molar-refractivity contribution in [3.8, 4) is 5.75 Å². The second-order valence-electron chi connectivity index (χ2n) is 12.9. The lowest BCUT2D eigenvalue weighted by Gasteiger charge is -2.35. The molecular formula is C32H45NO4. The van der Waals surface area contributed by atoms with E-state index in [1.807, 2.05) is 6.07 Å². The number of aliphatic carboxylic acids is 1. The maximum Gasteiger partial charge on any atom is 0.321 e. The van der Waals surface area contributed by atoms with Crippen LogP contribution >= 0.6 is 0 Å². The zero-order valence-electron chi connectivity index (χ0n) is 23.9. The Kier molecular flexibility index (Phi) is 7.79. The van der Waals surface area contributed by atoms with Crippen LogP contribution in [-0.2, 0) is 21.6 Å². The molecule has 5 nitrogen and oxygen atoms in total. The molecule has 1 N–H and O–H groups in total. The monoisotopic (exact) mass is 507 g/mol. The molecule has 2 aromatic carbocycles. The summed E-state index contributed by atoms with van der Waals surface area (Å²) in [5, 5.41) is 10.5. The predicted molar refractivity (Wildman–Crippen MR) is 148 cm³/mol. The van der Waals surface area contributed by atoms with Gasteiger partial charge in [0.25, 0.3) is 0 Å². The van der Waals surface area contributed by atoms with Crippen LogP contribution in [0.25, 0.3) is 0 Å². The normalized spacial score (nSPS) is 24.9. The highest BCUT2D eigenvalue weighted by Gasteiger charge is 2.57. The SMILES string of the molecule is CCN1[C@H](C(=O)O)[C@@H](C(C)(C)C)[C@H](OCc2cc(C(C)(C)C)ccc2OC)[C@@H]1c1ccccc1C1CC1. The van der Waals surface area contributed by atoms with E-state index in [1.54, 1.807) is 7.11 Å². The molecule has 1 saturated carbocycles. The van der Waals surface area contributed by atoms with Gasteiger partial charge >= 0.3 is 5.97 Å². The molecule has 0 amide bonds. The van der Waals surface area contributed by atoms with E-state index in [2.05, 4.69) is 89.8 Å². The molecule has 0 unspecified atom stereocenters. The molecule has 0 aromatic heterocycles. The minimum Gasteiger partial charge on any atom is -0.496 e. The zero-order chi connectivity index (χ0) is 27.1. The number of benzene rings is 2. The van der Waals surface area contributed by atoms with Crippen LogP contribution < -0.4 is 4.74 Å². The Hall–Kier alpha value is -2.37. The highest BCUT2D eigenvalue weighted by molar-refractivity contribution is 5.75.